The summed E-state index contributed by atoms with van der Waals surface area (Å²) in [5.41, 5.74) is 0.257. The molecule has 1 heterocycles. The van der Waals surface area contributed by atoms with Crippen LogP contribution in [0.5, 0.6) is 0 Å². The van der Waals surface area contributed by atoms with Crippen molar-refractivity contribution >= 4 is 29.1 Å². The number of rotatable bonds is 4. The zero-order valence-corrected chi connectivity index (χ0v) is 10.6. The first-order valence-corrected chi connectivity index (χ1v) is 6.02. The molecular weight excluding hydrogens is 263 g/mol. The predicted molar refractivity (Wildman–Crippen MR) is 65.3 cm³/mol. The number of nitrogens with zero attached hydrogens (tertiary/aromatic N) is 1. The molecule has 0 aromatic carbocycles. The van der Waals surface area contributed by atoms with Gasteiger partial charge in [0, 0.05) is 18.2 Å². The minimum absolute atomic E-state index is 0.104. The summed E-state index contributed by atoms with van der Waals surface area (Å²) in [5.74, 6) is -0.254. The summed E-state index contributed by atoms with van der Waals surface area (Å²) in [4.78, 5) is 15.6. The van der Waals surface area contributed by atoms with Gasteiger partial charge in [0.05, 0.1) is 17.2 Å². The van der Waals surface area contributed by atoms with Crippen LogP contribution in [-0.4, -0.2) is 29.1 Å². The molecule has 0 unspecified atom stereocenters. The summed E-state index contributed by atoms with van der Waals surface area (Å²) in [6.45, 7) is 0.579. The topological polar surface area (TPSA) is 62.2 Å². The molecule has 6 heteroatoms. The lowest BCUT2D eigenvalue weighted by atomic mass is 10.1. The lowest BCUT2D eigenvalue weighted by Gasteiger charge is -2.12. The zero-order valence-electron chi connectivity index (χ0n) is 9.04. The van der Waals surface area contributed by atoms with E-state index in [1.54, 1.807) is 0 Å². The normalized spacial score (nSPS) is 16.6. The number of amides is 1. The number of hydrogen-bond acceptors (Lipinski definition) is 3. The van der Waals surface area contributed by atoms with Gasteiger partial charge >= 0.3 is 0 Å². The minimum atomic E-state index is -0.254. The Hall–Kier alpha value is -0.840. The second-order valence-electron chi connectivity index (χ2n) is 4.34. The van der Waals surface area contributed by atoms with Crippen molar-refractivity contribution in [2.24, 2.45) is 5.41 Å². The smallest absolute Gasteiger partial charge is 0.252 e. The highest BCUT2D eigenvalue weighted by Crippen LogP contribution is 2.44. The molecule has 1 fully saturated rings. The summed E-state index contributed by atoms with van der Waals surface area (Å²) in [6.07, 6.45) is 3.27. The number of aromatic nitrogens is 1. The van der Waals surface area contributed by atoms with Gasteiger partial charge in [0.2, 0.25) is 0 Å². The highest BCUT2D eigenvalue weighted by atomic mass is 35.5. The van der Waals surface area contributed by atoms with Gasteiger partial charge in [-0.3, -0.25) is 4.79 Å². The van der Waals surface area contributed by atoms with Gasteiger partial charge in [-0.05, 0) is 18.9 Å². The van der Waals surface area contributed by atoms with Crippen molar-refractivity contribution in [2.75, 3.05) is 13.2 Å². The van der Waals surface area contributed by atoms with Crippen molar-refractivity contribution in [3.63, 3.8) is 0 Å². The fourth-order valence-corrected chi connectivity index (χ4v) is 1.75. The van der Waals surface area contributed by atoms with Gasteiger partial charge in [-0.15, -0.1) is 0 Å². The maximum atomic E-state index is 11.8. The Balaban J connectivity index is 1.97. The highest BCUT2D eigenvalue weighted by molar-refractivity contribution is 6.41. The molecule has 1 aliphatic carbocycles. The third-order valence-corrected chi connectivity index (χ3v) is 3.66. The molecule has 0 aliphatic heterocycles. The number of carbonyl (C=O) groups is 1. The third-order valence-electron chi connectivity index (χ3n) is 2.97. The first kappa shape index (κ1) is 12.6. The summed E-state index contributed by atoms with van der Waals surface area (Å²) in [7, 11) is 0. The molecule has 17 heavy (non-hydrogen) atoms. The summed E-state index contributed by atoms with van der Waals surface area (Å²) >= 11 is 11.4. The van der Waals surface area contributed by atoms with Crippen molar-refractivity contribution in [3.8, 4) is 0 Å². The lowest BCUT2D eigenvalue weighted by Crippen LogP contribution is -2.31. The number of aliphatic hydroxyl groups is 1. The Labute approximate surface area is 109 Å². The molecule has 0 atom stereocenters. The van der Waals surface area contributed by atoms with Crippen LogP contribution in [-0.2, 0) is 0 Å². The maximum absolute atomic E-state index is 11.8. The minimum Gasteiger partial charge on any atom is -0.396 e. The molecular formula is C11H12Cl2N2O2. The fourth-order valence-electron chi connectivity index (χ4n) is 1.48. The second-order valence-corrected chi connectivity index (χ2v) is 5.10. The molecule has 0 spiro atoms. The van der Waals surface area contributed by atoms with Gasteiger partial charge < -0.3 is 10.4 Å². The Bertz CT molecular complexity index is 447. The van der Waals surface area contributed by atoms with E-state index in [0.29, 0.717) is 12.1 Å². The van der Waals surface area contributed by atoms with E-state index in [2.05, 4.69) is 10.3 Å². The quantitative estimate of drug-likeness (QED) is 0.825. The van der Waals surface area contributed by atoms with Crippen molar-refractivity contribution < 1.29 is 9.90 Å². The number of pyridine rings is 1. The second kappa shape index (κ2) is 4.80. The molecule has 0 bridgehead atoms. The molecule has 0 saturated heterocycles. The van der Waals surface area contributed by atoms with Crippen molar-refractivity contribution in [1.82, 2.24) is 10.3 Å². The lowest BCUT2D eigenvalue weighted by molar-refractivity contribution is 0.0935. The van der Waals surface area contributed by atoms with Gasteiger partial charge in [-0.1, -0.05) is 23.2 Å². The molecule has 4 nitrogen and oxygen atoms in total. The van der Waals surface area contributed by atoms with E-state index < -0.39 is 0 Å². The highest BCUT2D eigenvalue weighted by Gasteiger charge is 2.42. The Morgan fingerprint density at radius 2 is 2.24 bits per heavy atom. The average Bonchev–Trinajstić information content (AvgIpc) is 3.10. The summed E-state index contributed by atoms with van der Waals surface area (Å²) < 4.78 is 0. The van der Waals surface area contributed by atoms with E-state index in [1.807, 2.05) is 0 Å². The third kappa shape index (κ3) is 2.89. The van der Waals surface area contributed by atoms with Crippen molar-refractivity contribution in [2.45, 2.75) is 12.8 Å². The molecule has 1 amide bonds. The number of carbonyl (C=O) groups excluding carboxylic acids is 1. The molecule has 1 aromatic heterocycles. The predicted octanol–water partition coefficient (Wildman–Crippen LogP) is 1.89. The van der Waals surface area contributed by atoms with Crippen LogP contribution < -0.4 is 5.32 Å². The number of halogens is 2. The standard InChI is InChI=1S/C11H12Cl2N2O2/c12-8-3-7(4-14-9(8)13)10(17)15-5-11(6-16)1-2-11/h3-4,16H,1-2,5-6H2,(H,15,17). The van der Waals surface area contributed by atoms with Crippen LogP contribution in [0.3, 0.4) is 0 Å². The van der Waals surface area contributed by atoms with Crippen molar-refractivity contribution in [3.05, 3.63) is 28.0 Å². The van der Waals surface area contributed by atoms with E-state index in [-0.39, 0.29) is 28.1 Å². The maximum Gasteiger partial charge on any atom is 0.252 e. The molecule has 92 valence electrons. The van der Waals surface area contributed by atoms with Gasteiger partial charge in [0.1, 0.15) is 5.15 Å². The van der Waals surface area contributed by atoms with Crippen LogP contribution in [0.25, 0.3) is 0 Å². The van der Waals surface area contributed by atoms with Crippen LogP contribution in [0.2, 0.25) is 10.2 Å². The van der Waals surface area contributed by atoms with E-state index in [1.165, 1.54) is 12.3 Å². The van der Waals surface area contributed by atoms with E-state index in [9.17, 15) is 4.79 Å². The van der Waals surface area contributed by atoms with Crippen LogP contribution in [0, 0.1) is 5.41 Å². The molecule has 1 aliphatic rings. The zero-order chi connectivity index (χ0) is 12.5. The van der Waals surface area contributed by atoms with E-state index in [0.717, 1.165) is 12.8 Å². The van der Waals surface area contributed by atoms with Gasteiger partial charge in [-0.2, -0.15) is 0 Å². The SMILES string of the molecule is O=C(NCC1(CO)CC1)c1cnc(Cl)c(Cl)c1. The van der Waals surface area contributed by atoms with Crippen LogP contribution in [0.1, 0.15) is 23.2 Å². The Morgan fingerprint density at radius 3 is 2.76 bits per heavy atom. The van der Waals surface area contributed by atoms with Crippen LogP contribution in [0.15, 0.2) is 12.3 Å². The largest absolute Gasteiger partial charge is 0.396 e. The number of aliphatic hydroxyl groups excluding tert-OH is 1. The molecule has 2 N–H and O–H groups in total. The van der Waals surface area contributed by atoms with Crippen LogP contribution in [0.4, 0.5) is 0 Å². The molecule has 2 rings (SSSR count). The fraction of sp³-hybridized carbons (Fsp3) is 0.455. The molecule has 1 saturated carbocycles. The molecule has 1 aromatic rings. The summed E-state index contributed by atoms with van der Waals surface area (Å²) in [5, 5.41) is 12.3. The average molecular weight is 275 g/mol. The summed E-state index contributed by atoms with van der Waals surface area (Å²) in [6, 6.07) is 1.48. The first-order valence-electron chi connectivity index (χ1n) is 5.26. The van der Waals surface area contributed by atoms with Gasteiger partial charge in [0.15, 0.2) is 0 Å². The van der Waals surface area contributed by atoms with E-state index in [4.69, 9.17) is 28.3 Å². The van der Waals surface area contributed by atoms with Gasteiger partial charge in [0.25, 0.3) is 5.91 Å². The Morgan fingerprint density at radius 1 is 1.53 bits per heavy atom. The van der Waals surface area contributed by atoms with Gasteiger partial charge in [-0.25, -0.2) is 4.98 Å². The van der Waals surface area contributed by atoms with Crippen LogP contribution >= 0.6 is 23.2 Å². The van der Waals surface area contributed by atoms with E-state index >= 15 is 0 Å². The number of hydrogen-bond donors (Lipinski definition) is 2. The number of nitrogens with one attached hydrogen (secondary N) is 1. The molecule has 0 radical (unpaired) electrons. The monoisotopic (exact) mass is 274 g/mol. The van der Waals surface area contributed by atoms with Crippen molar-refractivity contribution in [1.29, 1.82) is 0 Å². The Kier molecular flexibility index (Phi) is 3.56. The first-order chi connectivity index (χ1) is 8.06.